The van der Waals surface area contributed by atoms with E-state index in [2.05, 4.69) is 13.0 Å². The summed E-state index contributed by atoms with van der Waals surface area (Å²) in [5.74, 6) is 0. The first-order valence-electron chi connectivity index (χ1n) is 6.53. The van der Waals surface area contributed by atoms with Gasteiger partial charge in [0.1, 0.15) is 0 Å². The van der Waals surface area contributed by atoms with Gasteiger partial charge in [-0.3, -0.25) is 0 Å². The molecule has 96 valence electrons. The van der Waals surface area contributed by atoms with Gasteiger partial charge in [-0.2, -0.15) is 5.26 Å². The van der Waals surface area contributed by atoms with Crippen LogP contribution in [0.5, 0.6) is 0 Å². The molecule has 2 rings (SSSR count). The Balaban J connectivity index is 2.20. The van der Waals surface area contributed by atoms with Gasteiger partial charge < -0.3 is 5.11 Å². The Kier molecular flexibility index (Phi) is 4.33. The molecular formula is C17H17NO. The monoisotopic (exact) mass is 251 g/mol. The van der Waals surface area contributed by atoms with E-state index in [1.807, 2.05) is 48.5 Å². The highest BCUT2D eigenvalue weighted by Crippen LogP contribution is 2.24. The second kappa shape index (κ2) is 6.17. The molecule has 0 bridgehead atoms. The summed E-state index contributed by atoms with van der Waals surface area (Å²) in [4.78, 5) is 0. The molecule has 19 heavy (non-hydrogen) atoms. The van der Waals surface area contributed by atoms with Crippen molar-refractivity contribution in [2.24, 2.45) is 0 Å². The van der Waals surface area contributed by atoms with E-state index in [-0.39, 0.29) is 6.10 Å². The third-order valence-corrected chi connectivity index (χ3v) is 3.20. The summed E-state index contributed by atoms with van der Waals surface area (Å²) >= 11 is 0. The van der Waals surface area contributed by atoms with Gasteiger partial charge in [0.25, 0.3) is 0 Å². The maximum absolute atomic E-state index is 9.91. The number of hydrogen-bond acceptors (Lipinski definition) is 2. The predicted molar refractivity (Wildman–Crippen MR) is 76.5 cm³/mol. The fraction of sp³-hybridized carbons (Fsp3) is 0.235. The van der Waals surface area contributed by atoms with Crippen molar-refractivity contribution in [3.8, 4) is 17.2 Å². The van der Waals surface area contributed by atoms with Crippen LogP contribution in [0.2, 0.25) is 0 Å². The molecule has 0 fully saturated rings. The number of nitriles is 1. The average Bonchev–Trinajstić information content (AvgIpc) is 2.48. The number of nitrogens with zero attached hydrogens (tertiary/aromatic N) is 1. The molecule has 0 aliphatic carbocycles. The quantitative estimate of drug-likeness (QED) is 0.890. The maximum Gasteiger partial charge on any atom is 0.0991 e. The van der Waals surface area contributed by atoms with Gasteiger partial charge in [0, 0.05) is 0 Å². The minimum Gasteiger partial charge on any atom is -0.388 e. The topological polar surface area (TPSA) is 44.0 Å². The Bertz CT molecular complexity index is 564. The van der Waals surface area contributed by atoms with Crippen LogP contribution in [0.3, 0.4) is 0 Å². The molecule has 0 radical (unpaired) electrons. The standard InChI is InChI=1S/C17H17NO/c1-2-3-17(19)16-10-8-15(9-11-16)14-6-4-13(12-18)5-7-14/h4-11,17,19H,2-3H2,1H3. The van der Waals surface area contributed by atoms with E-state index in [0.29, 0.717) is 5.56 Å². The lowest BCUT2D eigenvalue weighted by molar-refractivity contribution is 0.166. The zero-order valence-corrected chi connectivity index (χ0v) is 11.0. The van der Waals surface area contributed by atoms with Gasteiger partial charge in [0.05, 0.1) is 17.7 Å². The van der Waals surface area contributed by atoms with Gasteiger partial charge in [-0.1, -0.05) is 49.7 Å². The average molecular weight is 251 g/mol. The van der Waals surface area contributed by atoms with Crippen LogP contribution >= 0.6 is 0 Å². The van der Waals surface area contributed by atoms with Crippen LogP contribution in [0.25, 0.3) is 11.1 Å². The molecule has 0 saturated heterocycles. The molecule has 2 heteroatoms. The highest BCUT2D eigenvalue weighted by atomic mass is 16.3. The van der Waals surface area contributed by atoms with Crippen molar-refractivity contribution in [2.75, 3.05) is 0 Å². The molecule has 0 spiro atoms. The molecule has 0 aliphatic rings. The van der Waals surface area contributed by atoms with Crippen molar-refractivity contribution in [1.82, 2.24) is 0 Å². The second-order valence-electron chi connectivity index (χ2n) is 4.62. The van der Waals surface area contributed by atoms with Gasteiger partial charge in [-0.05, 0) is 35.2 Å². The molecule has 0 heterocycles. The zero-order valence-electron chi connectivity index (χ0n) is 11.0. The lowest BCUT2D eigenvalue weighted by Crippen LogP contribution is -1.96. The van der Waals surface area contributed by atoms with Gasteiger partial charge in [-0.25, -0.2) is 0 Å². The summed E-state index contributed by atoms with van der Waals surface area (Å²) in [6.45, 7) is 2.06. The summed E-state index contributed by atoms with van der Waals surface area (Å²) in [5.41, 5.74) is 3.80. The third-order valence-electron chi connectivity index (χ3n) is 3.20. The maximum atomic E-state index is 9.91. The van der Waals surface area contributed by atoms with Crippen molar-refractivity contribution in [2.45, 2.75) is 25.9 Å². The largest absolute Gasteiger partial charge is 0.388 e. The second-order valence-corrected chi connectivity index (χ2v) is 4.62. The van der Waals surface area contributed by atoms with E-state index in [1.165, 1.54) is 0 Å². The van der Waals surface area contributed by atoms with Gasteiger partial charge in [0.2, 0.25) is 0 Å². The van der Waals surface area contributed by atoms with Crippen LogP contribution < -0.4 is 0 Å². The molecule has 1 atom stereocenters. The van der Waals surface area contributed by atoms with E-state index in [1.54, 1.807) is 0 Å². The van der Waals surface area contributed by atoms with Crippen LogP contribution in [-0.2, 0) is 0 Å². The molecule has 2 nitrogen and oxygen atoms in total. The highest BCUT2D eigenvalue weighted by Gasteiger charge is 2.06. The Morgan fingerprint density at radius 2 is 1.53 bits per heavy atom. The fourth-order valence-corrected chi connectivity index (χ4v) is 2.08. The Morgan fingerprint density at radius 3 is 2.00 bits per heavy atom. The summed E-state index contributed by atoms with van der Waals surface area (Å²) < 4.78 is 0. The molecule has 1 N–H and O–H groups in total. The molecule has 1 unspecified atom stereocenters. The number of aliphatic hydroxyl groups excluding tert-OH is 1. The number of hydrogen-bond donors (Lipinski definition) is 1. The first-order chi connectivity index (χ1) is 9.24. The lowest BCUT2D eigenvalue weighted by atomic mass is 9.99. The van der Waals surface area contributed by atoms with Crippen LogP contribution in [0.15, 0.2) is 48.5 Å². The number of benzene rings is 2. The number of rotatable bonds is 4. The van der Waals surface area contributed by atoms with Crippen LogP contribution in [0.4, 0.5) is 0 Å². The lowest BCUT2D eigenvalue weighted by Gasteiger charge is -2.10. The van der Waals surface area contributed by atoms with Gasteiger partial charge in [0.15, 0.2) is 0 Å². The summed E-state index contributed by atoms with van der Waals surface area (Å²) in [6, 6.07) is 17.6. The normalized spacial score (nSPS) is 11.8. The summed E-state index contributed by atoms with van der Waals surface area (Å²) in [6.07, 6.45) is 1.38. The molecule has 2 aromatic rings. The zero-order chi connectivity index (χ0) is 13.7. The van der Waals surface area contributed by atoms with Crippen molar-refractivity contribution < 1.29 is 5.11 Å². The van der Waals surface area contributed by atoms with Crippen molar-refractivity contribution in [1.29, 1.82) is 5.26 Å². The van der Waals surface area contributed by atoms with Crippen LogP contribution in [0.1, 0.15) is 37.0 Å². The van der Waals surface area contributed by atoms with Gasteiger partial charge in [-0.15, -0.1) is 0 Å². The minimum atomic E-state index is -0.375. The smallest absolute Gasteiger partial charge is 0.0991 e. The van der Waals surface area contributed by atoms with Crippen molar-refractivity contribution >= 4 is 0 Å². The van der Waals surface area contributed by atoms with Crippen molar-refractivity contribution in [3.63, 3.8) is 0 Å². The third kappa shape index (κ3) is 3.21. The summed E-state index contributed by atoms with van der Waals surface area (Å²) in [5, 5.41) is 18.7. The van der Waals surface area contributed by atoms with Crippen LogP contribution in [-0.4, -0.2) is 5.11 Å². The van der Waals surface area contributed by atoms with E-state index in [0.717, 1.165) is 29.5 Å². The van der Waals surface area contributed by atoms with Gasteiger partial charge >= 0.3 is 0 Å². The fourth-order valence-electron chi connectivity index (χ4n) is 2.08. The van der Waals surface area contributed by atoms with Crippen LogP contribution in [0, 0.1) is 11.3 Å². The molecule has 0 saturated carbocycles. The molecule has 0 amide bonds. The van der Waals surface area contributed by atoms with Crippen molar-refractivity contribution in [3.05, 3.63) is 59.7 Å². The first-order valence-corrected chi connectivity index (χ1v) is 6.53. The minimum absolute atomic E-state index is 0.375. The Labute approximate surface area is 114 Å². The molecule has 2 aromatic carbocycles. The first kappa shape index (κ1) is 13.3. The highest BCUT2D eigenvalue weighted by molar-refractivity contribution is 5.64. The Hall–Kier alpha value is -2.11. The summed E-state index contributed by atoms with van der Waals surface area (Å²) in [7, 11) is 0. The van der Waals surface area contributed by atoms with E-state index in [4.69, 9.17) is 5.26 Å². The molecule has 0 aromatic heterocycles. The predicted octanol–water partition coefficient (Wildman–Crippen LogP) is 4.06. The van der Waals surface area contributed by atoms with E-state index < -0.39 is 0 Å². The van der Waals surface area contributed by atoms with E-state index in [9.17, 15) is 5.11 Å². The molecular weight excluding hydrogens is 234 g/mol. The van der Waals surface area contributed by atoms with E-state index >= 15 is 0 Å². The molecule has 0 aliphatic heterocycles. The Morgan fingerprint density at radius 1 is 1.00 bits per heavy atom. The number of aliphatic hydroxyl groups is 1. The SMILES string of the molecule is CCCC(O)c1ccc(-c2ccc(C#N)cc2)cc1.